The molecule has 0 aliphatic carbocycles. The van der Waals surface area contributed by atoms with Crippen LogP contribution in [0.2, 0.25) is 0 Å². The monoisotopic (exact) mass is 194 g/mol. The molecule has 0 bridgehead atoms. The van der Waals surface area contributed by atoms with Crippen molar-refractivity contribution in [3.63, 3.8) is 0 Å². The van der Waals surface area contributed by atoms with Crippen molar-refractivity contribution in [2.75, 3.05) is 25.0 Å². The molecule has 0 aromatic rings. The van der Waals surface area contributed by atoms with E-state index in [1.54, 1.807) is 0 Å². The van der Waals surface area contributed by atoms with E-state index in [0.29, 0.717) is 0 Å². The van der Waals surface area contributed by atoms with Crippen LogP contribution in [-0.4, -0.2) is 25.0 Å². The highest BCUT2D eigenvalue weighted by Gasteiger charge is 1.83. The second kappa shape index (κ2) is 8.40. The van der Waals surface area contributed by atoms with Crippen LogP contribution in [0.3, 0.4) is 0 Å². The summed E-state index contributed by atoms with van der Waals surface area (Å²) < 4.78 is 0. The maximum absolute atomic E-state index is 5.29. The van der Waals surface area contributed by atoms with Crippen LogP contribution in [0.1, 0.15) is 12.8 Å². The van der Waals surface area contributed by atoms with Crippen molar-refractivity contribution in [1.29, 1.82) is 0 Å². The Hall–Kier alpha value is 0.400. The Morgan fingerprint density at radius 2 is 1.89 bits per heavy atom. The van der Waals surface area contributed by atoms with Crippen molar-refractivity contribution >= 4 is 15.9 Å². The summed E-state index contributed by atoms with van der Waals surface area (Å²) in [6.45, 7) is 2.95. The molecule has 0 atom stereocenters. The predicted octanol–water partition coefficient (Wildman–Crippen LogP) is 0.710. The summed E-state index contributed by atoms with van der Waals surface area (Å²) in [6, 6.07) is 0. The fourth-order valence-electron chi connectivity index (χ4n) is 0.544. The van der Waals surface area contributed by atoms with Gasteiger partial charge in [-0.3, -0.25) is 0 Å². The highest BCUT2D eigenvalue weighted by Crippen LogP contribution is 1.83. The molecule has 3 N–H and O–H groups in total. The summed E-state index contributed by atoms with van der Waals surface area (Å²) in [6.07, 6.45) is 2.28. The van der Waals surface area contributed by atoms with Crippen LogP contribution >= 0.6 is 15.9 Å². The second-order valence-corrected chi connectivity index (χ2v) is 2.73. The van der Waals surface area contributed by atoms with Crippen LogP contribution in [0, 0.1) is 0 Å². The summed E-state index contributed by atoms with van der Waals surface area (Å²) in [4.78, 5) is 0. The molecular weight excluding hydrogens is 180 g/mol. The van der Waals surface area contributed by atoms with E-state index >= 15 is 0 Å². The van der Waals surface area contributed by atoms with Crippen LogP contribution in [0.15, 0.2) is 0 Å². The lowest BCUT2D eigenvalue weighted by molar-refractivity contribution is 0.648. The Morgan fingerprint density at radius 3 is 2.44 bits per heavy atom. The lowest BCUT2D eigenvalue weighted by atomic mass is 10.4. The molecule has 0 heterocycles. The molecule has 0 saturated heterocycles. The van der Waals surface area contributed by atoms with Gasteiger partial charge in [-0.2, -0.15) is 0 Å². The molecule has 0 amide bonds. The predicted molar refractivity (Wildman–Crippen MR) is 45.0 cm³/mol. The quantitative estimate of drug-likeness (QED) is 0.483. The Morgan fingerprint density at radius 1 is 1.22 bits per heavy atom. The maximum atomic E-state index is 5.29. The first kappa shape index (κ1) is 9.40. The van der Waals surface area contributed by atoms with Gasteiger partial charge in [0.25, 0.3) is 0 Å². The van der Waals surface area contributed by atoms with Gasteiger partial charge in [0.05, 0.1) is 0 Å². The number of nitrogens with one attached hydrogen (secondary N) is 1. The molecule has 0 saturated carbocycles. The maximum Gasteiger partial charge on any atom is 0.00433 e. The molecule has 0 fully saturated rings. The van der Waals surface area contributed by atoms with E-state index in [1.807, 2.05) is 0 Å². The minimum atomic E-state index is 0.793. The number of nitrogens with two attached hydrogens (primary N) is 1. The number of alkyl halides is 1. The van der Waals surface area contributed by atoms with Gasteiger partial charge in [-0.15, -0.1) is 0 Å². The number of hydrogen-bond donors (Lipinski definition) is 2. The average molecular weight is 195 g/mol. The zero-order valence-corrected chi connectivity index (χ0v) is 7.28. The standard InChI is InChI=1S/C6H15BrN2/c7-3-1-5-9-6-2-4-8/h9H,1-6,8H2. The molecule has 0 unspecified atom stereocenters. The SMILES string of the molecule is NCCCNCCCBr. The molecule has 0 rings (SSSR count). The first-order chi connectivity index (χ1) is 4.41. The Bertz CT molecular complexity index is 44.3. The minimum Gasteiger partial charge on any atom is -0.330 e. The minimum absolute atomic E-state index is 0.793. The van der Waals surface area contributed by atoms with Crippen LogP contribution in [-0.2, 0) is 0 Å². The van der Waals surface area contributed by atoms with E-state index in [1.165, 1.54) is 6.42 Å². The molecule has 9 heavy (non-hydrogen) atoms. The van der Waals surface area contributed by atoms with E-state index in [2.05, 4.69) is 21.2 Å². The molecule has 56 valence electrons. The second-order valence-electron chi connectivity index (χ2n) is 1.93. The molecular formula is C6H15BrN2. The van der Waals surface area contributed by atoms with Gasteiger partial charge in [-0.05, 0) is 32.5 Å². The van der Waals surface area contributed by atoms with E-state index in [0.717, 1.165) is 31.4 Å². The normalized spacial score (nSPS) is 10.0. The van der Waals surface area contributed by atoms with Crippen molar-refractivity contribution < 1.29 is 0 Å². The summed E-state index contributed by atoms with van der Waals surface area (Å²) in [7, 11) is 0. The van der Waals surface area contributed by atoms with Gasteiger partial charge >= 0.3 is 0 Å². The van der Waals surface area contributed by atoms with Crippen LogP contribution < -0.4 is 11.1 Å². The number of halogens is 1. The molecule has 0 aromatic carbocycles. The largest absolute Gasteiger partial charge is 0.330 e. The van der Waals surface area contributed by atoms with E-state index < -0.39 is 0 Å². The number of hydrogen-bond acceptors (Lipinski definition) is 2. The zero-order valence-electron chi connectivity index (χ0n) is 5.70. The first-order valence-corrected chi connectivity index (χ1v) is 4.50. The Balaban J connectivity index is 2.60. The van der Waals surface area contributed by atoms with Crippen LogP contribution in [0.4, 0.5) is 0 Å². The van der Waals surface area contributed by atoms with Gasteiger partial charge in [0.15, 0.2) is 0 Å². The highest BCUT2D eigenvalue weighted by atomic mass is 79.9. The fourth-order valence-corrected chi connectivity index (χ4v) is 0.824. The van der Waals surface area contributed by atoms with Crippen molar-refractivity contribution in [1.82, 2.24) is 5.32 Å². The summed E-state index contributed by atoms with van der Waals surface area (Å²) in [5, 5.41) is 4.36. The van der Waals surface area contributed by atoms with Gasteiger partial charge < -0.3 is 11.1 Å². The molecule has 3 heteroatoms. The lowest BCUT2D eigenvalue weighted by Crippen LogP contribution is -2.19. The van der Waals surface area contributed by atoms with Gasteiger partial charge in [0.1, 0.15) is 0 Å². The van der Waals surface area contributed by atoms with Crippen molar-refractivity contribution in [2.45, 2.75) is 12.8 Å². The highest BCUT2D eigenvalue weighted by molar-refractivity contribution is 9.09. The smallest absolute Gasteiger partial charge is 0.00433 e. The average Bonchev–Trinajstić information content (AvgIpc) is 1.89. The van der Waals surface area contributed by atoms with E-state index in [9.17, 15) is 0 Å². The van der Waals surface area contributed by atoms with Crippen LogP contribution in [0.25, 0.3) is 0 Å². The molecule has 0 aromatic heterocycles. The van der Waals surface area contributed by atoms with Crippen molar-refractivity contribution in [3.05, 3.63) is 0 Å². The van der Waals surface area contributed by atoms with Gasteiger partial charge in [0, 0.05) is 5.33 Å². The topological polar surface area (TPSA) is 38.0 Å². The molecule has 0 spiro atoms. The summed E-state index contributed by atoms with van der Waals surface area (Å²) in [5.74, 6) is 0. The summed E-state index contributed by atoms with van der Waals surface area (Å²) >= 11 is 3.35. The zero-order chi connectivity index (χ0) is 6.95. The molecule has 0 aliphatic rings. The molecule has 0 aliphatic heterocycles. The fraction of sp³-hybridized carbons (Fsp3) is 1.00. The Kier molecular flexibility index (Phi) is 8.77. The van der Waals surface area contributed by atoms with Gasteiger partial charge in [0.2, 0.25) is 0 Å². The van der Waals surface area contributed by atoms with Gasteiger partial charge in [-0.25, -0.2) is 0 Å². The van der Waals surface area contributed by atoms with E-state index in [-0.39, 0.29) is 0 Å². The molecule has 0 radical (unpaired) electrons. The van der Waals surface area contributed by atoms with Crippen molar-refractivity contribution in [3.8, 4) is 0 Å². The van der Waals surface area contributed by atoms with Gasteiger partial charge in [-0.1, -0.05) is 15.9 Å². The van der Waals surface area contributed by atoms with E-state index in [4.69, 9.17) is 5.73 Å². The van der Waals surface area contributed by atoms with Crippen molar-refractivity contribution in [2.24, 2.45) is 5.73 Å². The first-order valence-electron chi connectivity index (χ1n) is 3.38. The third kappa shape index (κ3) is 8.40. The van der Waals surface area contributed by atoms with Crippen LogP contribution in [0.5, 0.6) is 0 Å². The third-order valence-electron chi connectivity index (χ3n) is 1.04. The lowest BCUT2D eigenvalue weighted by Gasteiger charge is -1.99. The Labute approximate surface area is 65.3 Å². The third-order valence-corrected chi connectivity index (χ3v) is 1.61. The number of rotatable bonds is 6. The summed E-state index contributed by atoms with van der Waals surface area (Å²) in [5.41, 5.74) is 5.29. The molecule has 2 nitrogen and oxygen atoms in total.